The van der Waals surface area contributed by atoms with Crippen molar-refractivity contribution in [2.75, 3.05) is 0 Å². The fourth-order valence-corrected chi connectivity index (χ4v) is 10.7. The average molecular weight is 880 g/mol. The monoisotopic (exact) mass is 879 g/mol. The largest absolute Gasteiger partial charge is 0.309 e. The highest BCUT2D eigenvalue weighted by molar-refractivity contribution is 6.14. The summed E-state index contributed by atoms with van der Waals surface area (Å²) < 4.78 is 7.00. The van der Waals surface area contributed by atoms with E-state index in [1.54, 1.807) is 0 Å². The van der Waals surface area contributed by atoms with Crippen LogP contribution in [0.4, 0.5) is 0 Å². The van der Waals surface area contributed by atoms with E-state index in [1.165, 1.54) is 43.6 Å². The number of benzene rings is 10. The van der Waals surface area contributed by atoms with Crippen LogP contribution in [-0.4, -0.2) is 23.7 Å². The van der Waals surface area contributed by atoms with Crippen LogP contribution >= 0.6 is 0 Å². The van der Waals surface area contributed by atoms with E-state index in [0.29, 0.717) is 5.95 Å². The number of para-hydroxylation sites is 4. The molecule has 14 aromatic rings. The van der Waals surface area contributed by atoms with Gasteiger partial charge in [0.2, 0.25) is 5.95 Å². The second kappa shape index (κ2) is 15.7. The molecule has 0 bridgehead atoms. The molecule has 5 heteroatoms. The Morgan fingerprint density at radius 1 is 0.217 bits per heavy atom. The third kappa shape index (κ3) is 6.32. The van der Waals surface area contributed by atoms with Crippen LogP contribution in [0.3, 0.4) is 0 Å². The lowest BCUT2D eigenvalue weighted by molar-refractivity contribution is 0.995. The predicted octanol–water partition coefficient (Wildman–Crippen LogP) is 16.4. The molecule has 0 unspecified atom stereocenters. The highest BCUT2D eigenvalue weighted by atomic mass is 15.2. The number of aromatic nitrogens is 5. The standard InChI is InChI=1S/C64H41N5/c1-5-17-42(18-6-1)56-41-57(43-19-7-2-8-20-43)66-64(65-56)69-62-35-31-46(44-29-33-60-52(37-44)50-25-13-15-27-58(50)67(60)48-21-9-3-10-22-48)39-54(62)55-40-47(32-36-63(55)69)45-30-34-61-53(38-45)51-26-14-16-28-59(51)68(61)49-23-11-4-12-24-49/h1-41H. The first-order valence-electron chi connectivity index (χ1n) is 23.5. The van der Waals surface area contributed by atoms with Gasteiger partial charge in [0.1, 0.15) is 0 Å². The van der Waals surface area contributed by atoms with E-state index in [-0.39, 0.29) is 0 Å². The third-order valence-electron chi connectivity index (χ3n) is 13.9. The molecule has 0 aliphatic heterocycles. The molecule has 0 radical (unpaired) electrons. The highest BCUT2D eigenvalue weighted by Gasteiger charge is 2.21. The summed E-state index contributed by atoms with van der Waals surface area (Å²) in [6, 6.07) is 89.3. The maximum absolute atomic E-state index is 5.36. The molecule has 5 nitrogen and oxygen atoms in total. The average Bonchev–Trinajstić information content (AvgIpc) is 4.06. The van der Waals surface area contributed by atoms with Gasteiger partial charge in [-0.05, 0) is 113 Å². The Hall–Kier alpha value is -9.32. The molecule has 4 aromatic heterocycles. The summed E-state index contributed by atoms with van der Waals surface area (Å²) in [7, 11) is 0. The van der Waals surface area contributed by atoms with Gasteiger partial charge < -0.3 is 9.13 Å². The van der Waals surface area contributed by atoms with E-state index in [2.05, 4.69) is 250 Å². The number of fused-ring (bicyclic) bond motifs is 9. The molecule has 0 spiro atoms. The molecule has 0 aliphatic rings. The normalized spacial score (nSPS) is 11.8. The first-order chi connectivity index (χ1) is 34.2. The van der Waals surface area contributed by atoms with Crippen LogP contribution in [0, 0.1) is 0 Å². The van der Waals surface area contributed by atoms with Gasteiger partial charge in [-0.15, -0.1) is 0 Å². The summed E-state index contributed by atoms with van der Waals surface area (Å²) in [5.41, 5.74) is 17.5. The molecule has 0 atom stereocenters. The van der Waals surface area contributed by atoms with Gasteiger partial charge in [-0.2, -0.15) is 0 Å². The maximum atomic E-state index is 5.36. The molecule has 69 heavy (non-hydrogen) atoms. The van der Waals surface area contributed by atoms with E-state index in [4.69, 9.17) is 9.97 Å². The van der Waals surface area contributed by atoms with Crippen LogP contribution in [0.25, 0.3) is 128 Å². The van der Waals surface area contributed by atoms with Gasteiger partial charge in [0.25, 0.3) is 0 Å². The molecule has 0 fully saturated rings. The van der Waals surface area contributed by atoms with Crippen molar-refractivity contribution >= 4 is 65.4 Å². The molecule has 322 valence electrons. The minimum absolute atomic E-state index is 0.626. The minimum atomic E-state index is 0.626. The Bertz CT molecular complexity index is 4010. The van der Waals surface area contributed by atoms with Gasteiger partial charge in [0, 0.05) is 54.8 Å². The Labute approximate surface area is 398 Å². The third-order valence-corrected chi connectivity index (χ3v) is 13.9. The summed E-state index contributed by atoms with van der Waals surface area (Å²) in [6.45, 7) is 0. The van der Waals surface area contributed by atoms with Crippen molar-refractivity contribution in [1.82, 2.24) is 23.7 Å². The molecule has 10 aromatic carbocycles. The highest BCUT2D eigenvalue weighted by Crippen LogP contribution is 2.41. The van der Waals surface area contributed by atoms with Crippen molar-refractivity contribution in [2.45, 2.75) is 0 Å². The van der Waals surface area contributed by atoms with Crippen molar-refractivity contribution in [1.29, 1.82) is 0 Å². The molecule has 0 N–H and O–H groups in total. The number of nitrogens with zero attached hydrogens (tertiary/aromatic N) is 5. The van der Waals surface area contributed by atoms with Crippen LogP contribution < -0.4 is 0 Å². The molecule has 0 saturated carbocycles. The van der Waals surface area contributed by atoms with Crippen LogP contribution in [-0.2, 0) is 0 Å². The molecule has 0 amide bonds. The van der Waals surface area contributed by atoms with Crippen LogP contribution in [0.1, 0.15) is 0 Å². The van der Waals surface area contributed by atoms with Crippen LogP contribution in [0.15, 0.2) is 249 Å². The zero-order chi connectivity index (χ0) is 45.4. The van der Waals surface area contributed by atoms with Crippen LogP contribution in [0.5, 0.6) is 0 Å². The number of rotatable bonds is 7. The smallest absolute Gasteiger partial charge is 0.235 e. The second-order valence-corrected chi connectivity index (χ2v) is 17.8. The molecule has 0 saturated heterocycles. The zero-order valence-electron chi connectivity index (χ0n) is 37.4. The van der Waals surface area contributed by atoms with E-state index >= 15 is 0 Å². The Balaban J connectivity index is 0.996. The Kier molecular flexibility index (Phi) is 8.83. The van der Waals surface area contributed by atoms with Crippen LogP contribution in [0.2, 0.25) is 0 Å². The van der Waals surface area contributed by atoms with Crippen molar-refractivity contribution in [3.63, 3.8) is 0 Å². The quantitative estimate of drug-likeness (QED) is 0.160. The first kappa shape index (κ1) is 38.9. The lowest BCUT2D eigenvalue weighted by Gasteiger charge is -2.12. The molecule has 4 heterocycles. The second-order valence-electron chi connectivity index (χ2n) is 17.8. The van der Waals surface area contributed by atoms with E-state index in [9.17, 15) is 0 Å². The van der Waals surface area contributed by atoms with Gasteiger partial charge in [0.05, 0.1) is 44.5 Å². The Morgan fingerprint density at radius 2 is 0.522 bits per heavy atom. The number of hydrogen-bond acceptors (Lipinski definition) is 2. The fourth-order valence-electron chi connectivity index (χ4n) is 10.7. The van der Waals surface area contributed by atoms with Crippen molar-refractivity contribution in [3.8, 4) is 62.1 Å². The summed E-state index contributed by atoms with van der Waals surface area (Å²) in [4.78, 5) is 10.7. The van der Waals surface area contributed by atoms with E-state index < -0.39 is 0 Å². The summed E-state index contributed by atoms with van der Waals surface area (Å²) in [5.74, 6) is 0.626. The SMILES string of the molecule is c1ccc(-c2cc(-c3ccccc3)nc(-n3c4ccc(-c5ccc6c(c5)c5ccccc5n6-c5ccccc5)cc4c4cc(-c5ccc6c(c5)c5ccccc5n6-c5ccccc5)ccc43)n2)cc1. The van der Waals surface area contributed by atoms with Gasteiger partial charge >= 0.3 is 0 Å². The van der Waals surface area contributed by atoms with Crippen molar-refractivity contribution < 1.29 is 0 Å². The molecular weight excluding hydrogens is 839 g/mol. The summed E-state index contributed by atoms with van der Waals surface area (Å²) in [5, 5.41) is 7.17. The first-order valence-corrected chi connectivity index (χ1v) is 23.5. The van der Waals surface area contributed by atoms with Gasteiger partial charge in [0.15, 0.2) is 0 Å². The van der Waals surface area contributed by atoms with E-state index in [0.717, 1.165) is 77.9 Å². The predicted molar refractivity (Wildman–Crippen MR) is 287 cm³/mol. The molecule has 14 rings (SSSR count). The van der Waals surface area contributed by atoms with Gasteiger partial charge in [-0.1, -0.05) is 158 Å². The molecular formula is C64H41N5. The maximum Gasteiger partial charge on any atom is 0.235 e. The number of hydrogen-bond donors (Lipinski definition) is 0. The van der Waals surface area contributed by atoms with Crippen molar-refractivity contribution in [3.05, 3.63) is 249 Å². The lowest BCUT2D eigenvalue weighted by atomic mass is 9.98. The lowest BCUT2D eigenvalue weighted by Crippen LogP contribution is -2.04. The van der Waals surface area contributed by atoms with E-state index in [1.807, 2.05) is 12.1 Å². The fraction of sp³-hybridized carbons (Fsp3) is 0. The van der Waals surface area contributed by atoms with Gasteiger partial charge in [-0.3, -0.25) is 4.57 Å². The van der Waals surface area contributed by atoms with Gasteiger partial charge in [-0.25, -0.2) is 9.97 Å². The minimum Gasteiger partial charge on any atom is -0.309 e. The summed E-state index contributed by atoms with van der Waals surface area (Å²) in [6.07, 6.45) is 0. The topological polar surface area (TPSA) is 40.6 Å². The van der Waals surface area contributed by atoms with Crippen molar-refractivity contribution in [2.24, 2.45) is 0 Å². The Morgan fingerprint density at radius 3 is 0.913 bits per heavy atom. The zero-order valence-corrected chi connectivity index (χ0v) is 37.4. The summed E-state index contributed by atoms with van der Waals surface area (Å²) >= 11 is 0. The molecule has 0 aliphatic carbocycles.